The zero-order valence-corrected chi connectivity index (χ0v) is 83.1. The standard InChI is InChI=1S/C31H45N2O13P.C23H27ClN2O9.C23H29N2O13P.C8H19O4P/c1-19(2)44-28(35)25-21(4)32(29(36)42-18-43-47(39,45-30(5,6)7)46-31(8,9)10)20(3)24(27(34)41-16-15-40-11)26(25)22-13-12-14-23(17-22)33(37)38;1-13(2)35-22(28)19-15(4)25(23(29)34-12-24)14(3)18(21(27)33-10-9-32-5)20(19)16-7-6-8-17(11-16)26(30)31;1-13(2)38-22(27)19-15(4)24(23(28)36-12-37-39(31,32)33)14(3)18(21(26)35-10-9-34-5)20(19)16-7-6-8-17(11-16)25(29)30;1-7(2,3)11-13(9,10)12-8(4,5)6/h12-14,17,19,26H,15-16,18H2,1-11H3;6-8,11,13,20H,9-10,12H2,1-5H3;6-8,11,13,20H,9-10,12H2,1-5H3,(H2,31,32,33);1-6H3,(H,9,10). The number of phosphoric acid groups is 3. The number of rotatable bonds is 35. The smallest absolute Gasteiger partial charge is 0.460 e. The lowest BCUT2D eigenvalue weighted by molar-refractivity contribution is -0.385. The summed E-state index contributed by atoms with van der Waals surface area (Å²) >= 11 is 5.57. The minimum absolute atomic E-state index is 0.00293. The second-order valence-electron chi connectivity index (χ2n) is 33.7. The number of ether oxygens (including phenoxy) is 12. The van der Waals surface area contributed by atoms with Crippen molar-refractivity contribution in [2.24, 2.45) is 0 Å². The number of carbonyl (C=O) groups excluding carboxylic acids is 9. The first-order valence-electron chi connectivity index (χ1n) is 40.9. The fraction of sp³-hybridized carbons (Fsp3) is 0.541. The molecule has 0 aromatic heterocycles. The number of phosphoric ester groups is 3. The molecule has 3 amide bonds. The average Bonchev–Trinajstić information content (AvgIpc) is 0.751. The lowest BCUT2D eigenvalue weighted by Gasteiger charge is -2.36. The Morgan fingerprint density at radius 3 is 0.836 bits per heavy atom. The lowest BCUT2D eigenvalue weighted by atomic mass is 9.79. The number of esters is 6. The van der Waals surface area contributed by atoms with Crippen LogP contribution in [0, 0.1) is 30.3 Å². The van der Waals surface area contributed by atoms with Crippen LogP contribution in [0.15, 0.2) is 140 Å². The normalized spacial score (nSPS) is 15.8. The van der Waals surface area contributed by atoms with Gasteiger partial charge in [-0.3, -0.25) is 63.1 Å². The first-order chi connectivity index (χ1) is 61.8. The number of nitro groups is 3. The van der Waals surface area contributed by atoms with Gasteiger partial charge in [0.05, 0.1) is 126 Å². The summed E-state index contributed by atoms with van der Waals surface area (Å²) in [5.74, 6) is -9.00. The molecule has 3 aromatic carbocycles. The van der Waals surface area contributed by atoms with E-state index in [1.54, 1.807) is 125 Å². The van der Waals surface area contributed by atoms with Crippen LogP contribution < -0.4 is 0 Å². The minimum atomic E-state index is -4.98. The number of amides is 3. The summed E-state index contributed by atoms with van der Waals surface area (Å²) in [6.45, 7) is 35.8. The van der Waals surface area contributed by atoms with Crippen LogP contribution in [0.25, 0.3) is 0 Å². The molecule has 0 aliphatic carbocycles. The zero-order valence-electron chi connectivity index (χ0n) is 79.7. The maximum absolute atomic E-state index is 13.7. The highest BCUT2D eigenvalue weighted by Crippen LogP contribution is 2.56. The third-order valence-corrected chi connectivity index (χ3v) is 21.4. The van der Waals surface area contributed by atoms with Gasteiger partial charge in [-0.1, -0.05) is 48.0 Å². The second-order valence-corrected chi connectivity index (χ2v) is 37.9. The topological polar surface area (TPSA) is 571 Å². The van der Waals surface area contributed by atoms with E-state index in [4.69, 9.17) is 101 Å². The van der Waals surface area contributed by atoms with E-state index in [9.17, 15) is 92.1 Å². The number of hydrogen-bond acceptors (Lipinski definition) is 36. The molecule has 45 nitrogen and oxygen atoms in total. The van der Waals surface area contributed by atoms with Crippen molar-refractivity contribution in [3.05, 3.63) is 187 Å². The fourth-order valence-corrected chi connectivity index (χ4v) is 16.1. The molecule has 3 heterocycles. The van der Waals surface area contributed by atoms with Crippen molar-refractivity contribution in [2.45, 2.75) is 225 Å². The van der Waals surface area contributed by atoms with Gasteiger partial charge in [0, 0.05) is 91.9 Å². The predicted molar refractivity (Wildman–Crippen MR) is 476 cm³/mol. The van der Waals surface area contributed by atoms with Gasteiger partial charge in [0.1, 0.15) is 19.8 Å². The second kappa shape index (κ2) is 51.4. The summed E-state index contributed by atoms with van der Waals surface area (Å²) in [6.07, 6.45) is -5.04. The third kappa shape index (κ3) is 36.6. The van der Waals surface area contributed by atoms with Crippen LogP contribution in [0.2, 0.25) is 0 Å². The summed E-state index contributed by atoms with van der Waals surface area (Å²) in [4.78, 5) is 182. The molecule has 6 rings (SSSR count). The number of hydrogen-bond donors (Lipinski definition) is 3. The van der Waals surface area contributed by atoms with Gasteiger partial charge in [-0.25, -0.2) is 65.9 Å². The maximum Gasteiger partial charge on any atom is 0.478 e. The summed E-state index contributed by atoms with van der Waals surface area (Å²) in [6, 6.07) is 15.7. The molecule has 0 fully saturated rings. The molecule has 49 heteroatoms. The van der Waals surface area contributed by atoms with Crippen molar-refractivity contribution in [1.82, 2.24) is 14.7 Å². The maximum atomic E-state index is 13.7. The number of benzene rings is 3. The molecule has 0 radical (unpaired) electrons. The van der Waals surface area contributed by atoms with E-state index >= 15 is 0 Å². The molecule has 746 valence electrons. The molecule has 3 atom stereocenters. The number of methoxy groups -OCH3 is 3. The number of allylic oxidation sites excluding steroid dienone is 6. The highest BCUT2D eigenvalue weighted by molar-refractivity contribution is 7.48. The van der Waals surface area contributed by atoms with E-state index in [1.807, 2.05) is 0 Å². The zero-order chi connectivity index (χ0) is 103. The first kappa shape index (κ1) is 118. The Hall–Kier alpha value is -10.6. The van der Waals surface area contributed by atoms with Gasteiger partial charge in [0.25, 0.3) is 17.1 Å². The monoisotopic (exact) mass is 1980 g/mol. The quantitative estimate of drug-likeness (QED) is 0.00719. The Kier molecular flexibility index (Phi) is 45.1. The van der Waals surface area contributed by atoms with E-state index < -0.39 is 170 Å². The van der Waals surface area contributed by atoms with Gasteiger partial charge in [-0.2, -0.15) is 0 Å². The van der Waals surface area contributed by atoms with Gasteiger partial charge < -0.3 is 71.5 Å². The molecule has 0 spiro atoms. The third-order valence-electron chi connectivity index (χ3n) is 17.3. The highest BCUT2D eigenvalue weighted by atomic mass is 35.5. The van der Waals surface area contributed by atoms with Crippen LogP contribution in [0.3, 0.4) is 0 Å². The first-order valence-corrected chi connectivity index (χ1v) is 45.9. The van der Waals surface area contributed by atoms with Crippen molar-refractivity contribution in [2.75, 3.05) is 80.6 Å². The van der Waals surface area contributed by atoms with Crippen molar-refractivity contribution in [3.8, 4) is 0 Å². The number of nitrogens with zero attached hydrogens (tertiary/aromatic N) is 6. The van der Waals surface area contributed by atoms with E-state index in [-0.39, 0.29) is 141 Å². The number of carbonyl (C=O) groups is 9. The fourth-order valence-electron chi connectivity index (χ4n) is 12.7. The Morgan fingerprint density at radius 1 is 0.381 bits per heavy atom. The van der Waals surface area contributed by atoms with Crippen LogP contribution in [0.4, 0.5) is 31.4 Å². The molecule has 3 N–H and O–H groups in total. The van der Waals surface area contributed by atoms with Crippen LogP contribution in [0.5, 0.6) is 0 Å². The summed E-state index contributed by atoms with van der Waals surface area (Å²) in [5, 5.41) is 34.6. The average molecular weight is 1980 g/mol. The number of non-ortho nitro benzene ring substituents is 3. The molecule has 3 aliphatic heterocycles. The summed E-state index contributed by atoms with van der Waals surface area (Å²) < 4.78 is 128. The lowest BCUT2D eigenvalue weighted by Crippen LogP contribution is -2.39. The van der Waals surface area contributed by atoms with Gasteiger partial charge in [-0.15, -0.1) is 0 Å². The number of alkyl halides is 1. The van der Waals surface area contributed by atoms with Gasteiger partial charge >= 0.3 is 77.6 Å². The minimum Gasteiger partial charge on any atom is -0.460 e. The highest BCUT2D eigenvalue weighted by Gasteiger charge is 2.49. The van der Waals surface area contributed by atoms with Crippen LogP contribution in [-0.4, -0.2) is 220 Å². The van der Waals surface area contributed by atoms with Crippen LogP contribution in [-0.2, 0) is 126 Å². The predicted octanol–water partition coefficient (Wildman–Crippen LogP) is 16.2. The molecule has 3 aromatic rings. The van der Waals surface area contributed by atoms with Gasteiger partial charge in [-0.05, 0) is 183 Å². The van der Waals surface area contributed by atoms with Crippen molar-refractivity contribution in [1.29, 1.82) is 0 Å². The summed E-state index contributed by atoms with van der Waals surface area (Å²) in [7, 11) is -8.96. The largest absolute Gasteiger partial charge is 0.478 e. The van der Waals surface area contributed by atoms with Crippen LogP contribution in [0.1, 0.15) is 201 Å². The van der Waals surface area contributed by atoms with Crippen molar-refractivity contribution >= 4 is 106 Å². The van der Waals surface area contributed by atoms with Crippen molar-refractivity contribution < 1.29 is 170 Å². The molecule has 3 unspecified atom stereocenters. The molecule has 0 saturated heterocycles. The number of nitro benzene ring substituents is 3. The van der Waals surface area contributed by atoms with E-state index in [0.29, 0.717) is 0 Å². The Morgan fingerprint density at radius 2 is 0.619 bits per heavy atom. The number of halogens is 1. The van der Waals surface area contributed by atoms with E-state index in [2.05, 4.69) is 4.52 Å². The molecule has 3 aliphatic rings. The Labute approximate surface area is 780 Å². The van der Waals surface area contributed by atoms with E-state index in [1.165, 1.54) is 136 Å². The molecule has 0 bridgehead atoms. The van der Waals surface area contributed by atoms with Crippen LogP contribution >= 0.6 is 35.1 Å². The molecule has 134 heavy (non-hydrogen) atoms. The SMILES string of the molecule is CC(C)(C)OP(=O)(O)OC(C)(C)C.COCCOC(=O)C1=C(C)N(C(=O)OCCl)C(C)=C(C(=O)OC(C)C)C1c1cccc([N+](=O)[O-])c1.COCCOC(=O)C1=C(C)N(C(=O)OCOP(=O)(O)O)C(C)=C(C(=O)OC(C)C)C1c1cccc([N+](=O)[O-])c1.COCCOC(=O)C1=C(C)N(C(=O)OCOP(=O)(OC(C)(C)C)OC(C)(C)C)C(C)=C(C(=O)OC(C)C)C1c1cccc([N+](=O)[O-])c1. The van der Waals surface area contributed by atoms with E-state index in [0.717, 1.165) is 14.7 Å². The van der Waals surface area contributed by atoms with Crippen molar-refractivity contribution in [3.63, 3.8) is 0 Å². The Balaban J connectivity index is 0.000000488. The summed E-state index contributed by atoms with van der Waals surface area (Å²) in [5.41, 5.74) is -4.40. The van der Waals surface area contributed by atoms with Gasteiger partial charge in [0.2, 0.25) is 13.6 Å². The molecule has 0 saturated carbocycles. The molecular weight excluding hydrogens is 1860 g/mol. The van der Waals surface area contributed by atoms with Gasteiger partial charge in [0.15, 0.2) is 6.07 Å². The molecular formula is C85H120ClN6O39P3. The Bertz CT molecular complexity index is 5080.